The molecule has 0 atom stereocenters. The number of likely N-dealkylation sites (tertiary alicyclic amines) is 1. The average molecular weight is 443 g/mol. The Morgan fingerprint density at radius 1 is 0.788 bits per heavy atom. The largest absolute Gasteiger partial charge is 0.493 e. The predicted molar refractivity (Wildman–Crippen MR) is 131 cm³/mol. The highest BCUT2D eigenvalue weighted by Gasteiger charge is 2.17. The van der Waals surface area contributed by atoms with E-state index < -0.39 is 0 Å². The van der Waals surface area contributed by atoms with Gasteiger partial charge in [-0.05, 0) is 60.9 Å². The maximum atomic E-state index is 12.7. The second kappa shape index (κ2) is 11.3. The molecule has 4 rings (SSSR count). The van der Waals surface area contributed by atoms with Gasteiger partial charge in [0, 0.05) is 36.3 Å². The van der Waals surface area contributed by atoms with E-state index in [-0.39, 0.29) is 11.8 Å². The molecule has 0 bridgehead atoms. The molecule has 170 valence electrons. The Morgan fingerprint density at radius 3 is 2.24 bits per heavy atom. The maximum Gasteiger partial charge on any atom is 0.255 e. The third-order valence-electron chi connectivity index (χ3n) is 5.88. The van der Waals surface area contributed by atoms with Gasteiger partial charge in [0.05, 0.1) is 6.61 Å². The summed E-state index contributed by atoms with van der Waals surface area (Å²) >= 11 is 0. The van der Waals surface area contributed by atoms with Crippen molar-refractivity contribution < 1.29 is 14.3 Å². The number of anilines is 1. The molecule has 5 heteroatoms. The first-order chi connectivity index (χ1) is 16.2. The summed E-state index contributed by atoms with van der Waals surface area (Å²) in [4.78, 5) is 27.4. The van der Waals surface area contributed by atoms with E-state index in [4.69, 9.17) is 4.74 Å². The van der Waals surface area contributed by atoms with E-state index in [2.05, 4.69) is 17.4 Å². The van der Waals surface area contributed by atoms with Crippen LogP contribution >= 0.6 is 0 Å². The third-order valence-corrected chi connectivity index (χ3v) is 5.88. The summed E-state index contributed by atoms with van der Waals surface area (Å²) in [6.07, 6.45) is 5.31. The molecule has 1 fully saturated rings. The molecule has 33 heavy (non-hydrogen) atoms. The number of nitrogens with zero attached hydrogens (tertiary/aromatic N) is 1. The SMILES string of the molecule is O=C(Nc1ccc(C(=O)N2CCCCCC2)cc1)c1cccc(OCCc2ccccc2)c1. The Hall–Kier alpha value is -3.60. The van der Waals surface area contributed by atoms with E-state index in [1.807, 2.05) is 35.2 Å². The van der Waals surface area contributed by atoms with Gasteiger partial charge in [-0.25, -0.2) is 0 Å². The van der Waals surface area contributed by atoms with Crippen LogP contribution in [0.4, 0.5) is 5.69 Å². The average Bonchev–Trinajstić information content (AvgIpc) is 3.15. The monoisotopic (exact) mass is 442 g/mol. The minimum absolute atomic E-state index is 0.0649. The van der Waals surface area contributed by atoms with Gasteiger partial charge in [-0.1, -0.05) is 49.2 Å². The normalized spacial score (nSPS) is 13.8. The van der Waals surface area contributed by atoms with Crippen molar-refractivity contribution in [2.24, 2.45) is 0 Å². The Kier molecular flexibility index (Phi) is 7.75. The van der Waals surface area contributed by atoms with Crippen molar-refractivity contribution in [3.05, 3.63) is 95.6 Å². The molecular formula is C28H30N2O3. The maximum absolute atomic E-state index is 12.7. The van der Waals surface area contributed by atoms with Crippen LogP contribution in [0.5, 0.6) is 5.75 Å². The topological polar surface area (TPSA) is 58.6 Å². The quantitative estimate of drug-likeness (QED) is 0.520. The Morgan fingerprint density at radius 2 is 1.52 bits per heavy atom. The minimum Gasteiger partial charge on any atom is -0.493 e. The van der Waals surface area contributed by atoms with Crippen molar-refractivity contribution in [1.29, 1.82) is 0 Å². The zero-order chi connectivity index (χ0) is 22.9. The second-order valence-electron chi connectivity index (χ2n) is 8.35. The van der Waals surface area contributed by atoms with Crippen LogP contribution in [0.2, 0.25) is 0 Å². The van der Waals surface area contributed by atoms with E-state index in [0.29, 0.717) is 29.2 Å². The first-order valence-corrected chi connectivity index (χ1v) is 11.7. The number of rotatable bonds is 7. The fourth-order valence-electron chi connectivity index (χ4n) is 4.01. The van der Waals surface area contributed by atoms with Gasteiger partial charge in [0.15, 0.2) is 0 Å². The molecule has 1 N–H and O–H groups in total. The van der Waals surface area contributed by atoms with Gasteiger partial charge in [0.2, 0.25) is 0 Å². The zero-order valence-electron chi connectivity index (χ0n) is 18.8. The first-order valence-electron chi connectivity index (χ1n) is 11.7. The molecule has 1 aliphatic heterocycles. The molecule has 0 spiro atoms. The molecule has 3 aromatic rings. The summed E-state index contributed by atoms with van der Waals surface area (Å²) in [6, 6.07) is 24.5. The molecule has 0 saturated carbocycles. The second-order valence-corrected chi connectivity index (χ2v) is 8.35. The summed E-state index contributed by atoms with van der Waals surface area (Å²) in [6.45, 7) is 2.18. The molecule has 1 aliphatic rings. The lowest BCUT2D eigenvalue weighted by Crippen LogP contribution is -2.31. The van der Waals surface area contributed by atoms with Gasteiger partial charge in [0.25, 0.3) is 11.8 Å². The molecule has 0 aliphatic carbocycles. The highest BCUT2D eigenvalue weighted by atomic mass is 16.5. The van der Waals surface area contributed by atoms with Crippen LogP contribution in [0.1, 0.15) is 52.0 Å². The van der Waals surface area contributed by atoms with E-state index in [0.717, 1.165) is 32.4 Å². The summed E-state index contributed by atoms with van der Waals surface area (Å²) < 4.78 is 5.84. The third kappa shape index (κ3) is 6.45. The number of amides is 2. The van der Waals surface area contributed by atoms with Gasteiger partial charge in [-0.15, -0.1) is 0 Å². The van der Waals surface area contributed by atoms with Gasteiger partial charge >= 0.3 is 0 Å². The Bertz CT molecular complexity index is 1060. The highest BCUT2D eigenvalue weighted by Crippen LogP contribution is 2.18. The van der Waals surface area contributed by atoms with Gasteiger partial charge < -0.3 is 15.0 Å². The summed E-state index contributed by atoms with van der Waals surface area (Å²) in [7, 11) is 0. The van der Waals surface area contributed by atoms with Crippen LogP contribution in [-0.4, -0.2) is 36.4 Å². The molecular weight excluding hydrogens is 412 g/mol. The molecule has 1 saturated heterocycles. The van der Waals surface area contributed by atoms with Crippen LogP contribution in [-0.2, 0) is 6.42 Å². The van der Waals surface area contributed by atoms with E-state index in [9.17, 15) is 9.59 Å². The Balaban J connectivity index is 1.32. The van der Waals surface area contributed by atoms with E-state index >= 15 is 0 Å². The number of ether oxygens (including phenoxy) is 1. The standard InChI is InChI=1S/C28H30N2O3/c31-27(24-11-8-12-26(21-24)33-20-17-22-9-4-3-5-10-22)29-25-15-13-23(14-16-25)28(32)30-18-6-1-2-7-19-30/h3-5,8-16,21H,1-2,6-7,17-20H2,(H,29,31). The van der Waals surface area contributed by atoms with E-state index in [1.165, 1.54) is 18.4 Å². The minimum atomic E-state index is -0.213. The van der Waals surface area contributed by atoms with Crippen molar-refractivity contribution in [2.75, 3.05) is 25.0 Å². The van der Waals surface area contributed by atoms with Crippen molar-refractivity contribution in [1.82, 2.24) is 4.90 Å². The molecule has 5 nitrogen and oxygen atoms in total. The van der Waals surface area contributed by atoms with Crippen LogP contribution in [0.15, 0.2) is 78.9 Å². The van der Waals surface area contributed by atoms with Crippen molar-refractivity contribution in [2.45, 2.75) is 32.1 Å². The number of carbonyl (C=O) groups is 2. The first kappa shape index (κ1) is 22.6. The number of benzene rings is 3. The molecule has 2 amide bonds. The number of hydrogen-bond donors (Lipinski definition) is 1. The van der Waals surface area contributed by atoms with E-state index in [1.54, 1.807) is 36.4 Å². The number of hydrogen-bond acceptors (Lipinski definition) is 3. The van der Waals surface area contributed by atoms with Gasteiger partial charge in [0.1, 0.15) is 5.75 Å². The fourth-order valence-corrected chi connectivity index (χ4v) is 4.01. The summed E-state index contributed by atoms with van der Waals surface area (Å²) in [5.41, 5.74) is 3.05. The molecule has 1 heterocycles. The zero-order valence-corrected chi connectivity index (χ0v) is 18.8. The lowest BCUT2D eigenvalue weighted by Gasteiger charge is -2.20. The molecule has 3 aromatic carbocycles. The fraction of sp³-hybridized carbons (Fsp3) is 0.286. The lowest BCUT2D eigenvalue weighted by molar-refractivity contribution is 0.0761. The molecule has 0 aromatic heterocycles. The summed E-state index contributed by atoms with van der Waals surface area (Å²) in [5, 5.41) is 2.90. The van der Waals surface area contributed by atoms with Crippen LogP contribution < -0.4 is 10.1 Å². The van der Waals surface area contributed by atoms with Crippen LogP contribution in [0, 0.1) is 0 Å². The highest BCUT2D eigenvalue weighted by molar-refractivity contribution is 6.04. The van der Waals surface area contributed by atoms with Gasteiger partial charge in [-0.2, -0.15) is 0 Å². The van der Waals surface area contributed by atoms with Crippen molar-refractivity contribution in [3.63, 3.8) is 0 Å². The van der Waals surface area contributed by atoms with Crippen LogP contribution in [0.3, 0.4) is 0 Å². The van der Waals surface area contributed by atoms with Gasteiger partial charge in [-0.3, -0.25) is 9.59 Å². The number of nitrogens with one attached hydrogen (secondary N) is 1. The number of carbonyl (C=O) groups excluding carboxylic acids is 2. The summed E-state index contributed by atoms with van der Waals surface area (Å²) in [5.74, 6) is 0.516. The Labute approximate surface area is 195 Å². The molecule has 0 radical (unpaired) electrons. The van der Waals surface area contributed by atoms with Crippen LogP contribution in [0.25, 0.3) is 0 Å². The van der Waals surface area contributed by atoms with Crippen molar-refractivity contribution in [3.8, 4) is 5.75 Å². The lowest BCUT2D eigenvalue weighted by atomic mass is 10.1. The predicted octanol–water partition coefficient (Wildman–Crippen LogP) is 5.58. The smallest absolute Gasteiger partial charge is 0.255 e. The molecule has 0 unspecified atom stereocenters. The van der Waals surface area contributed by atoms with Crippen molar-refractivity contribution >= 4 is 17.5 Å².